The Kier molecular flexibility index (Phi) is 3.99. The van der Waals surface area contributed by atoms with Gasteiger partial charge in [-0.25, -0.2) is 4.39 Å². The predicted molar refractivity (Wildman–Crippen MR) is 84.6 cm³/mol. The van der Waals surface area contributed by atoms with Crippen molar-refractivity contribution in [2.75, 3.05) is 0 Å². The van der Waals surface area contributed by atoms with E-state index in [1.165, 1.54) is 18.2 Å². The molecule has 3 rings (SSSR count). The first kappa shape index (κ1) is 15.1. The van der Waals surface area contributed by atoms with E-state index >= 15 is 0 Å². The van der Waals surface area contributed by atoms with E-state index in [1.807, 2.05) is 0 Å². The predicted octanol–water partition coefficient (Wildman–Crippen LogP) is 3.04. The number of halogens is 2. The highest BCUT2D eigenvalue weighted by Gasteiger charge is 2.12. The van der Waals surface area contributed by atoms with Crippen LogP contribution in [0.15, 0.2) is 48.5 Å². The number of amides is 2. The Morgan fingerprint density at radius 3 is 2.57 bits per heavy atom. The third-order valence-corrected chi connectivity index (χ3v) is 3.44. The van der Waals surface area contributed by atoms with Crippen LogP contribution in [0.1, 0.15) is 20.8 Å². The lowest BCUT2D eigenvalue weighted by Crippen LogP contribution is -2.41. The van der Waals surface area contributed by atoms with Gasteiger partial charge in [0.05, 0.1) is 0 Å². The highest BCUT2D eigenvalue weighted by Crippen LogP contribution is 2.19. The molecule has 3 N–H and O–H groups in total. The minimum absolute atomic E-state index is 0.105. The SMILES string of the molecule is O=C(NNC(=O)c1cc2cc(Cl)ccc2[nH]1)c1cccc(F)c1. The van der Waals surface area contributed by atoms with Gasteiger partial charge in [-0.15, -0.1) is 0 Å². The second kappa shape index (κ2) is 6.10. The lowest BCUT2D eigenvalue weighted by atomic mass is 10.2. The fourth-order valence-corrected chi connectivity index (χ4v) is 2.29. The van der Waals surface area contributed by atoms with Gasteiger partial charge in [0.25, 0.3) is 11.8 Å². The lowest BCUT2D eigenvalue weighted by Gasteiger charge is -2.06. The van der Waals surface area contributed by atoms with Crippen molar-refractivity contribution in [2.45, 2.75) is 0 Å². The maximum atomic E-state index is 13.1. The monoisotopic (exact) mass is 331 g/mol. The number of hydrogen-bond acceptors (Lipinski definition) is 2. The fraction of sp³-hybridized carbons (Fsp3) is 0. The number of hydrazine groups is 1. The maximum absolute atomic E-state index is 13.1. The molecule has 0 aliphatic carbocycles. The van der Waals surface area contributed by atoms with Crippen molar-refractivity contribution in [3.8, 4) is 0 Å². The summed E-state index contributed by atoms with van der Waals surface area (Å²) in [6.45, 7) is 0. The molecular formula is C16H11ClFN3O2. The molecule has 0 fully saturated rings. The molecule has 0 saturated heterocycles. The Morgan fingerprint density at radius 1 is 1.00 bits per heavy atom. The number of hydrogen-bond donors (Lipinski definition) is 3. The Morgan fingerprint density at radius 2 is 1.78 bits per heavy atom. The van der Waals surface area contributed by atoms with Gasteiger partial charge < -0.3 is 4.98 Å². The van der Waals surface area contributed by atoms with Crippen molar-refractivity contribution in [1.29, 1.82) is 0 Å². The third kappa shape index (κ3) is 3.32. The van der Waals surface area contributed by atoms with Gasteiger partial charge >= 0.3 is 0 Å². The van der Waals surface area contributed by atoms with Gasteiger partial charge in [0.1, 0.15) is 11.5 Å². The molecule has 23 heavy (non-hydrogen) atoms. The summed E-state index contributed by atoms with van der Waals surface area (Å²) >= 11 is 5.89. The summed E-state index contributed by atoms with van der Waals surface area (Å²) in [5.41, 5.74) is 5.61. The molecule has 116 valence electrons. The van der Waals surface area contributed by atoms with Crippen molar-refractivity contribution in [3.05, 3.63) is 70.6 Å². The van der Waals surface area contributed by atoms with Crippen LogP contribution >= 0.6 is 11.6 Å². The average molecular weight is 332 g/mol. The maximum Gasteiger partial charge on any atom is 0.286 e. The Balaban J connectivity index is 1.69. The summed E-state index contributed by atoms with van der Waals surface area (Å²) in [5, 5.41) is 1.34. The quantitative estimate of drug-likeness (QED) is 0.631. The topological polar surface area (TPSA) is 74.0 Å². The number of rotatable bonds is 2. The van der Waals surface area contributed by atoms with E-state index in [9.17, 15) is 14.0 Å². The van der Waals surface area contributed by atoms with E-state index in [-0.39, 0.29) is 11.3 Å². The largest absolute Gasteiger partial charge is 0.350 e. The van der Waals surface area contributed by atoms with Gasteiger partial charge in [0.2, 0.25) is 0 Å². The normalized spacial score (nSPS) is 10.5. The summed E-state index contributed by atoms with van der Waals surface area (Å²) in [6, 6.07) is 11.9. The minimum atomic E-state index is -0.614. The van der Waals surface area contributed by atoms with Crippen LogP contribution in [0.5, 0.6) is 0 Å². The van der Waals surface area contributed by atoms with Crippen LogP contribution < -0.4 is 10.9 Å². The molecule has 1 aromatic heterocycles. The zero-order valence-electron chi connectivity index (χ0n) is 11.7. The summed E-state index contributed by atoms with van der Waals surface area (Å²) in [7, 11) is 0. The lowest BCUT2D eigenvalue weighted by molar-refractivity contribution is 0.0844. The molecule has 2 aromatic carbocycles. The van der Waals surface area contributed by atoms with Crippen LogP contribution in [0.2, 0.25) is 5.02 Å². The summed E-state index contributed by atoms with van der Waals surface area (Å²) < 4.78 is 13.1. The first-order valence-corrected chi connectivity index (χ1v) is 7.05. The second-order valence-corrected chi connectivity index (χ2v) is 5.27. The van der Waals surface area contributed by atoms with E-state index in [4.69, 9.17) is 11.6 Å². The molecule has 2 amide bonds. The zero-order valence-corrected chi connectivity index (χ0v) is 12.4. The first-order valence-electron chi connectivity index (χ1n) is 6.67. The number of carbonyl (C=O) groups is 2. The summed E-state index contributed by atoms with van der Waals surface area (Å²) in [4.78, 5) is 26.8. The fourth-order valence-electron chi connectivity index (χ4n) is 2.11. The van der Waals surface area contributed by atoms with Crippen molar-refractivity contribution in [2.24, 2.45) is 0 Å². The number of aromatic amines is 1. The van der Waals surface area contributed by atoms with Gasteiger partial charge in [0, 0.05) is 21.5 Å². The highest BCUT2D eigenvalue weighted by molar-refractivity contribution is 6.31. The molecule has 0 bridgehead atoms. The second-order valence-electron chi connectivity index (χ2n) is 4.83. The first-order chi connectivity index (χ1) is 11.0. The number of nitrogens with one attached hydrogen (secondary N) is 3. The van der Waals surface area contributed by atoms with Crippen LogP contribution in [0.3, 0.4) is 0 Å². The molecule has 5 nitrogen and oxygen atoms in total. The van der Waals surface area contributed by atoms with Crippen LogP contribution in [-0.4, -0.2) is 16.8 Å². The minimum Gasteiger partial charge on any atom is -0.350 e. The van der Waals surface area contributed by atoms with Gasteiger partial charge in [-0.3, -0.25) is 20.4 Å². The van der Waals surface area contributed by atoms with Crippen LogP contribution in [-0.2, 0) is 0 Å². The highest BCUT2D eigenvalue weighted by atomic mass is 35.5. The van der Waals surface area contributed by atoms with Gasteiger partial charge in [-0.2, -0.15) is 0 Å². The Labute approximate surface area is 135 Å². The van der Waals surface area contributed by atoms with E-state index in [1.54, 1.807) is 24.3 Å². The van der Waals surface area contributed by atoms with Crippen molar-refractivity contribution >= 4 is 34.3 Å². The molecule has 0 spiro atoms. The van der Waals surface area contributed by atoms with Gasteiger partial charge in [-0.1, -0.05) is 17.7 Å². The van der Waals surface area contributed by atoms with Crippen molar-refractivity contribution in [3.63, 3.8) is 0 Å². The molecule has 0 unspecified atom stereocenters. The Bertz CT molecular complexity index is 907. The Hall–Kier alpha value is -2.86. The van der Waals surface area contributed by atoms with Crippen LogP contribution in [0.4, 0.5) is 4.39 Å². The third-order valence-electron chi connectivity index (χ3n) is 3.20. The van der Waals surface area contributed by atoms with Crippen LogP contribution in [0.25, 0.3) is 10.9 Å². The van der Waals surface area contributed by atoms with E-state index in [2.05, 4.69) is 15.8 Å². The summed E-state index contributed by atoms with van der Waals surface area (Å²) in [6.07, 6.45) is 0. The van der Waals surface area contributed by atoms with Crippen molar-refractivity contribution in [1.82, 2.24) is 15.8 Å². The number of aromatic nitrogens is 1. The molecular weight excluding hydrogens is 321 g/mol. The molecule has 0 radical (unpaired) electrons. The van der Waals surface area contributed by atoms with Gasteiger partial charge in [-0.05, 0) is 42.5 Å². The molecule has 3 aromatic rings. The number of fused-ring (bicyclic) bond motifs is 1. The van der Waals surface area contributed by atoms with Gasteiger partial charge in [0.15, 0.2) is 0 Å². The van der Waals surface area contributed by atoms with Crippen molar-refractivity contribution < 1.29 is 14.0 Å². The molecule has 0 aliphatic rings. The standard InChI is InChI=1S/C16H11ClFN3O2/c17-11-4-5-13-10(6-11)8-14(19-13)16(23)21-20-15(22)9-2-1-3-12(18)7-9/h1-8,19H,(H,20,22)(H,21,23). The van der Waals surface area contributed by atoms with E-state index < -0.39 is 17.6 Å². The molecule has 0 atom stereocenters. The van der Waals surface area contributed by atoms with E-state index in [0.29, 0.717) is 5.02 Å². The molecule has 0 saturated carbocycles. The molecule has 0 aliphatic heterocycles. The zero-order chi connectivity index (χ0) is 16.4. The number of benzene rings is 2. The number of H-pyrrole nitrogens is 1. The smallest absolute Gasteiger partial charge is 0.286 e. The molecule has 7 heteroatoms. The summed E-state index contributed by atoms with van der Waals surface area (Å²) in [5.74, 6) is -1.67. The average Bonchev–Trinajstić information content (AvgIpc) is 2.95. The molecule has 1 heterocycles. The van der Waals surface area contributed by atoms with E-state index in [0.717, 1.165) is 17.0 Å². The number of carbonyl (C=O) groups excluding carboxylic acids is 2. The van der Waals surface area contributed by atoms with Crippen LogP contribution in [0, 0.1) is 5.82 Å².